The molecule has 7 aromatic carbocycles. The van der Waals surface area contributed by atoms with E-state index in [-0.39, 0.29) is 14.7 Å². The minimum atomic E-state index is -4.85. The lowest BCUT2D eigenvalue weighted by Gasteiger charge is -2.17. The van der Waals surface area contributed by atoms with Crippen LogP contribution >= 0.6 is 47.0 Å². The molecule has 0 saturated carbocycles. The van der Waals surface area contributed by atoms with Crippen LogP contribution in [0.3, 0.4) is 0 Å². The van der Waals surface area contributed by atoms with Crippen molar-refractivity contribution in [3.05, 3.63) is 164 Å². The van der Waals surface area contributed by atoms with Gasteiger partial charge in [0.05, 0.1) is 14.7 Å². The van der Waals surface area contributed by atoms with Crippen molar-refractivity contribution in [1.29, 1.82) is 0 Å². The van der Waals surface area contributed by atoms with Gasteiger partial charge in [0.2, 0.25) is 9.84 Å². The molecule has 1 N–H and O–H groups in total. The first-order chi connectivity index (χ1) is 31.4. The number of rotatable bonds is 12. The normalized spacial score (nSPS) is 12.0. The van der Waals surface area contributed by atoms with Crippen molar-refractivity contribution in [3.8, 4) is 22.3 Å². The highest BCUT2D eigenvalue weighted by Crippen LogP contribution is 2.44. The Morgan fingerprint density at radius 1 is 0.418 bits per heavy atom. The number of halogens is 4. The molecule has 0 aliphatic heterocycles. The summed E-state index contributed by atoms with van der Waals surface area (Å²) in [5, 5.41) is 0. The van der Waals surface area contributed by atoms with Gasteiger partial charge in [-0.1, -0.05) is 83.8 Å². The highest BCUT2D eigenvalue weighted by Gasteiger charge is 2.27. The van der Waals surface area contributed by atoms with E-state index in [1.807, 2.05) is 64.1 Å². The van der Waals surface area contributed by atoms with Gasteiger partial charge in [-0.05, 0) is 178 Å². The molecule has 0 amide bonds. The Balaban J connectivity index is 1.10. The average Bonchev–Trinajstić information content (AvgIpc) is 3.26. The van der Waals surface area contributed by atoms with Crippen LogP contribution in [0.1, 0.15) is 50.1 Å². The molecule has 0 saturated heterocycles. The molecule has 0 unspecified atom stereocenters. The van der Waals surface area contributed by atoms with Gasteiger partial charge in [-0.15, -0.1) is 11.8 Å². The smallest absolute Gasteiger partial charge is 0.282 e. The van der Waals surface area contributed by atoms with E-state index in [4.69, 9.17) is 0 Å². The summed E-state index contributed by atoms with van der Waals surface area (Å²) in [7, 11) is -9.07. The van der Waals surface area contributed by atoms with Crippen molar-refractivity contribution in [3.63, 3.8) is 0 Å². The van der Waals surface area contributed by atoms with Gasteiger partial charge in [0.1, 0.15) is 4.90 Å². The second kappa shape index (κ2) is 19.5. The van der Waals surface area contributed by atoms with E-state index in [1.165, 1.54) is 52.0 Å². The van der Waals surface area contributed by atoms with E-state index >= 15 is 0 Å². The molecule has 67 heavy (non-hydrogen) atoms. The number of sulfone groups is 1. The maximum absolute atomic E-state index is 14.8. The van der Waals surface area contributed by atoms with Gasteiger partial charge in [-0.3, -0.25) is 4.55 Å². The minimum absolute atomic E-state index is 0.0591. The Kier molecular flexibility index (Phi) is 14.7. The van der Waals surface area contributed by atoms with E-state index in [1.54, 1.807) is 37.7 Å². The van der Waals surface area contributed by atoms with Crippen LogP contribution in [0.2, 0.25) is 0 Å². The zero-order valence-corrected chi connectivity index (χ0v) is 43.1. The maximum atomic E-state index is 14.8. The first-order valence-corrected chi connectivity index (χ1v) is 27.3. The fourth-order valence-corrected chi connectivity index (χ4v) is 14.2. The van der Waals surface area contributed by atoms with Crippen molar-refractivity contribution in [2.45, 2.75) is 111 Å². The molecule has 0 aliphatic rings. The van der Waals surface area contributed by atoms with Crippen molar-refractivity contribution >= 4 is 67.0 Å². The summed E-state index contributed by atoms with van der Waals surface area (Å²) in [6, 6.07) is 26.1. The van der Waals surface area contributed by atoms with Crippen LogP contribution in [0.5, 0.6) is 0 Å². The summed E-state index contributed by atoms with van der Waals surface area (Å²) >= 11 is 4.94. The topological polar surface area (TPSA) is 88.5 Å². The predicted octanol–water partition coefficient (Wildman–Crippen LogP) is 15.6. The molecule has 0 fully saturated rings. The van der Waals surface area contributed by atoms with Crippen LogP contribution in [0.4, 0.5) is 17.6 Å². The number of hydrogen-bond donors (Lipinski definition) is 1. The van der Waals surface area contributed by atoms with Gasteiger partial charge in [-0.2, -0.15) is 8.42 Å². The van der Waals surface area contributed by atoms with Crippen molar-refractivity contribution < 1.29 is 39.0 Å². The van der Waals surface area contributed by atoms with Gasteiger partial charge < -0.3 is 0 Å². The molecule has 0 aliphatic carbocycles. The van der Waals surface area contributed by atoms with Crippen LogP contribution in [0.15, 0.2) is 140 Å². The zero-order chi connectivity index (χ0) is 49.0. The van der Waals surface area contributed by atoms with E-state index in [2.05, 4.69) is 32.2 Å². The van der Waals surface area contributed by atoms with Gasteiger partial charge >= 0.3 is 0 Å². The van der Waals surface area contributed by atoms with E-state index in [0.29, 0.717) is 27.8 Å². The Morgan fingerprint density at radius 2 is 0.776 bits per heavy atom. The van der Waals surface area contributed by atoms with Crippen molar-refractivity contribution in [2.24, 2.45) is 0 Å². The Hall–Kier alpha value is -4.48. The van der Waals surface area contributed by atoms with E-state index in [0.717, 1.165) is 83.9 Å². The molecular formula is C52H46F4O5S6. The van der Waals surface area contributed by atoms with Gasteiger partial charge in [0.25, 0.3) is 10.1 Å². The third kappa shape index (κ3) is 10.2. The summed E-state index contributed by atoms with van der Waals surface area (Å²) < 4.78 is 122. The van der Waals surface area contributed by atoms with Gasteiger partial charge in [-0.25, -0.2) is 26.0 Å². The number of aryl methyl sites for hydroxylation is 8. The molecule has 0 bridgehead atoms. The summed E-state index contributed by atoms with van der Waals surface area (Å²) in [6.45, 7) is 16.5. The molecule has 348 valence electrons. The molecule has 5 nitrogen and oxygen atoms in total. The largest absolute Gasteiger partial charge is 0.295 e. The molecule has 0 spiro atoms. The highest BCUT2D eigenvalue weighted by molar-refractivity contribution is 8.00. The third-order valence-corrected chi connectivity index (χ3v) is 19.5. The van der Waals surface area contributed by atoms with E-state index < -0.39 is 58.6 Å². The standard InChI is InChI=1S/C52H46F4O5S6/c1-26-17-35(18-27(2)48(26)62-10)37-21-30(5)50(31(6)22-37)64-42-16-15-41(25-43(42)67(59,60)61)66(57,58)40-13-11-39(12-14-40)63-49-28(3)19-36(20-29(49)4)38-23-32(7)51(33(8)24-38)65-52-46(55)44(53)34(9)45(54)47(52)56/h11-25H,1-10H3,(H,59,60,61). The van der Waals surface area contributed by atoms with E-state index in [9.17, 15) is 39.0 Å². The van der Waals surface area contributed by atoms with Crippen LogP contribution < -0.4 is 0 Å². The van der Waals surface area contributed by atoms with Crippen LogP contribution in [-0.4, -0.2) is 27.6 Å². The molecule has 0 aromatic heterocycles. The Morgan fingerprint density at radius 3 is 1.16 bits per heavy atom. The number of hydrogen-bond acceptors (Lipinski definition) is 8. The summed E-state index contributed by atoms with van der Waals surface area (Å²) in [5.74, 6) is -5.71. The quantitative estimate of drug-likeness (QED) is 0.0556. The molecule has 7 rings (SSSR count). The van der Waals surface area contributed by atoms with Crippen LogP contribution in [0.25, 0.3) is 22.3 Å². The Bertz CT molecular complexity index is 3270. The monoisotopic (exact) mass is 1020 g/mol. The number of thioether (sulfide) groups is 1. The lowest BCUT2D eigenvalue weighted by molar-refractivity contribution is 0.418. The first kappa shape index (κ1) is 50.4. The van der Waals surface area contributed by atoms with Crippen molar-refractivity contribution in [1.82, 2.24) is 0 Å². The first-order valence-electron chi connectivity index (χ1n) is 20.7. The molecule has 0 atom stereocenters. The second-order valence-electron chi connectivity index (χ2n) is 16.5. The molecule has 7 aromatic rings. The lowest BCUT2D eigenvalue weighted by atomic mass is 9.97. The maximum Gasteiger partial charge on any atom is 0.295 e. The fraction of sp³-hybridized carbons (Fsp3) is 0.192. The highest BCUT2D eigenvalue weighted by atomic mass is 32.2. The van der Waals surface area contributed by atoms with Crippen LogP contribution in [-0.2, 0) is 20.0 Å². The summed E-state index contributed by atoms with van der Waals surface area (Å²) in [5.41, 5.74) is 10.4. The number of benzene rings is 7. The summed E-state index contributed by atoms with van der Waals surface area (Å²) in [4.78, 5) is 2.78. The van der Waals surface area contributed by atoms with Gasteiger partial charge in [0.15, 0.2) is 23.3 Å². The van der Waals surface area contributed by atoms with Gasteiger partial charge in [0, 0.05) is 34.9 Å². The zero-order valence-electron chi connectivity index (χ0n) is 38.2. The van der Waals surface area contributed by atoms with Crippen LogP contribution in [0, 0.1) is 85.6 Å². The molecule has 0 heterocycles. The molecule has 0 radical (unpaired) electrons. The second-order valence-corrected chi connectivity index (χ2v) is 23.8. The minimum Gasteiger partial charge on any atom is -0.282 e. The predicted molar refractivity (Wildman–Crippen MR) is 265 cm³/mol. The Labute approximate surface area is 407 Å². The lowest BCUT2D eigenvalue weighted by Crippen LogP contribution is -2.06. The van der Waals surface area contributed by atoms with Crippen molar-refractivity contribution in [2.75, 3.05) is 6.26 Å². The molecular weight excluding hydrogens is 973 g/mol. The molecule has 15 heteroatoms. The third-order valence-electron chi connectivity index (χ3n) is 11.4. The fourth-order valence-electron chi connectivity index (χ4n) is 8.18. The average molecular weight is 1020 g/mol. The summed E-state index contributed by atoms with van der Waals surface area (Å²) in [6.07, 6.45) is 2.06. The SMILES string of the molecule is CSc1c(C)cc(-c2cc(C)c(Sc3ccc(S(=O)(=O)c4ccc(Sc5c(C)cc(-c6cc(C)c(Sc7c(F)c(F)c(C)c(F)c7F)c(C)c6)cc5C)cc4)cc3S(=O)(=O)O)c(C)c2)cc1C.